The summed E-state index contributed by atoms with van der Waals surface area (Å²) in [5.74, 6) is -2.85. The van der Waals surface area contributed by atoms with Gasteiger partial charge in [0.2, 0.25) is 0 Å². The van der Waals surface area contributed by atoms with Crippen LogP contribution in [0.15, 0.2) is 36.4 Å². The van der Waals surface area contributed by atoms with Crippen LogP contribution < -0.4 is 15.8 Å². The molecule has 0 atom stereocenters. The van der Waals surface area contributed by atoms with Crippen molar-refractivity contribution in [1.29, 1.82) is 0 Å². The second kappa shape index (κ2) is 9.34. The van der Waals surface area contributed by atoms with E-state index in [-0.39, 0.29) is 32.6 Å². The van der Waals surface area contributed by atoms with Crippen molar-refractivity contribution in [1.82, 2.24) is 5.32 Å². The number of hydrogen-bond acceptors (Lipinski definition) is 6. The van der Waals surface area contributed by atoms with Gasteiger partial charge in [0.05, 0.1) is 16.3 Å². The predicted molar refractivity (Wildman–Crippen MR) is 96.7 cm³/mol. The number of halogens is 4. The minimum Gasteiger partial charge on any atom is -0.452 e. The number of hydrogen-bond donors (Lipinski definition) is 2. The first kappa shape index (κ1) is 21.4. The molecule has 3 N–H and O–H groups in total. The molecule has 0 spiro atoms. The second-order valence-corrected chi connectivity index (χ2v) is 6.05. The van der Waals surface area contributed by atoms with Crippen LogP contribution >= 0.6 is 23.2 Å². The number of imide groups is 1. The monoisotopic (exact) mass is 432 g/mol. The second-order valence-electron chi connectivity index (χ2n) is 5.21. The van der Waals surface area contributed by atoms with Gasteiger partial charge in [-0.05, 0) is 36.4 Å². The number of esters is 1. The maximum Gasteiger partial charge on any atom is 0.387 e. The van der Waals surface area contributed by atoms with Gasteiger partial charge in [0.25, 0.3) is 11.8 Å². The van der Waals surface area contributed by atoms with Crippen molar-refractivity contribution in [2.45, 2.75) is 6.61 Å². The molecule has 2 amide bonds. The summed E-state index contributed by atoms with van der Waals surface area (Å²) < 4.78 is 33.1. The van der Waals surface area contributed by atoms with Crippen LogP contribution in [0.25, 0.3) is 0 Å². The minimum absolute atomic E-state index is 0.00663. The standard InChI is InChI=1S/C17H12Cl2F2N2O5/c18-9-5-11(14(22)12(19)6-9)16(26)27-7-13(24)23-15(25)8-1-3-10(4-2-8)28-17(20)21/h1-6,17H,7,22H2,(H,23,24,25). The molecule has 0 aliphatic carbocycles. The smallest absolute Gasteiger partial charge is 0.387 e. The molecule has 7 nitrogen and oxygen atoms in total. The third-order valence-electron chi connectivity index (χ3n) is 3.24. The zero-order valence-corrected chi connectivity index (χ0v) is 15.4. The fourth-order valence-electron chi connectivity index (χ4n) is 1.99. The molecule has 0 aliphatic heterocycles. The minimum atomic E-state index is -3.00. The zero-order valence-electron chi connectivity index (χ0n) is 13.9. The number of rotatable bonds is 6. The molecule has 2 aromatic carbocycles. The highest BCUT2D eigenvalue weighted by Gasteiger charge is 2.18. The molecule has 0 unspecified atom stereocenters. The van der Waals surface area contributed by atoms with E-state index in [4.69, 9.17) is 33.7 Å². The van der Waals surface area contributed by atoms with Crippen molar-refractivity contribution in [2.24, 2.45) is 0 Å². The molecule has 0 fully saturated rings. The van der Waals surface area contributed by atoms with Gasteiger partial charge in [-0.2, -0.15) is 8.78 Å². The molecule has 11 heteroatoms. The molecule has 0 aliphatic rings. The summed E-state index contributed by atoms with van der Waals surface area (Å²) in [6.07, 6.45) is 0. The van der Waals surface area contributed by atoms with Crippen molar-refractivity contribution in [3.05, 3.63) is 57.6 Å². The average molecular weight is 433 g/mol. The van der Waals surface area contributed by atoms with Crippen LogP contribution in [-0.4, -0.2) is 31.0 Å². The summed E-state index contributed by atoms with van der Waals surface area (Å²) >= 11 is 11.6. The fourth-order valence-corrected chi connectivity index (χ4v) is 2.48. The summed E-state index contributed by atoms with van der Waals surface area (Å²) in [6, 6.07) is 7.19. The third kappa shape index (κ3) is 5.80. The third-order valence-corrected chi connectivity index (χ3v) is 3.77. The highest BCUT2D eigenvalue weighted by molar-refractivity contribution is 6.37. The van der Waals surface area contributed by atoms with Gasteiger partial charge in [-0.3, -0.25) is 14.9 Å². The summed E-state index contributed by atoms with van der Waals surface area (Å²) in [5.41, 5.74) is 5.46. The van der Waals surface area contributed by atoms with Crippen LogP contribution in [0.1, 0.15) is 20.7 Å². The molecule has 0 radical (unpaired) electrons. The van der Waals surface area contributed by atoms with Gasteiger partial charge in [0.15, 0.2) is 6.61 Å². The molecule has 0 heterocycles. The summed E-state index contributed by atoms with van der Waals surface area (Å²) in [5, 5.41) is 2.16. The number of alkyl halides is 2. The van der Waals surface area contributed by atoms with Gasteiger partial charge in [0.1, 0.15) is 5.75 Å². The van der Waals surface area contributed by atoms with Crippen molar-refractivity contribution < 1.29 is 32.6 Å². The number of amides is 2. The normalized spacial score (nSPS) is 10.5. The highest BCUT2D eigenvalue weighted by atomic mass is 35.5. The van der Waals surface area contributed by atoms with E-state index in [0.29, 0.717) is 0 Å². The number of nitrogens with one attached hydrogen (secondary N) is 1. The lowest BCUT2D eigenvalue weighted by atomic mass is 10.2. The van der Waals surface area contributed by atoms with Crippen LogP contribution in [0.5, 0.6) is 5.75 Å². The summed E-state index contributed by atoms with van der Waals surface area (Å²) in [6.45, 7) is -3.78. The maximum atomic E-state index is 12.1. The van der Waals surface area contributed by atoms with E-state index in [1.165, 1.54) is 24.3 Å². The Morgan fingerprint density at radius 1 is 1.11 bits per heavy atom. The highest BCUT2D eigenvalue weighted by Crippen LogP contribution is 2.28. The number of carbonyl (C=O) groups excluding carboxylic acids is 3. The van der Waals surface area contributed by atoms with Crippen LogP contribution in [0.4, 0.5) is 14.5 Å². The molecule has 0 saturated carbocycles. The first-order valence-electron chi connectivity index (χ1n) is 7.48. The Hall–Kier alpha value is -2.91. The Labute approximate surface area is 167 Å². The largest absolute Gasteiger partial charge is 0.452 e. The molecular formula is C17H12Cl2F2N2O5. The number of nitrogen functional groups attached to an aromatic ring is 1. The Kier molecular flexibility index (Phi) is 7.13. The lowest BCUT2D eigenvalue weighted by Crippen LogP contribution is -2.34. The predicted octanol–water partition coefficient (Wildman–Crippen LogP) is 3.29. The van der Waals surface area contributed by atoms with Crippen molar-refractivity contribution >= 4 is 46.7 Å². The van der Waals surface area contributed by atoms with E-state index >= 15 is 0 Å². The van der Waals surface area contributed by atoms with Crippen LogP contribution in [0, 0.1) is 0 Å². The van der Waals surface area contributed by atoms with Crippen LogP contribution in [0.2, 0.25) is 10.0 Å². The molecule has 0 bridgehead atoms. The average Bonchev–Trinajstić information content (AvgIpc) is 2.62. The number of carbonyl (C=O) groups is 3. The molecular weight excluding hydrogens is 421 g/mol. The van der Waals surface area contributed by atoms with Crippen molar-refractivity contribution in [3.8, 4) is 5.75 Å². The Bertz CT molecular complexity index is 907. The van der Waals surface area contributed by atoms with Gasteiger partial charge in [0, 0.05) is 10.6 Å². The summed E-state index contributed by atoms with van der Waals surface area (Å²) in [7, 11) is 0. The fraction of sp³-hybridized carbons (Fsp3) is 0.118. The first-order valence-corrected chi connectivity index (χ1v) is 8.23. The number of anilines is 1. The zero-order chi connectivity index (χ0) is 20.8. The van der Waals surface area contributed by atoms with E-state index in [0.717, 1.165) is 12.1 Å². The van der Waals surface area contributed by atoms with Gasteiger partial charge in [-0.1, -0.05) is 23.2 Å². The van der Waals surface area contributed by atoms with Gasteiger partial charge in [-0.25, -0.2) is 4.79 Å². The number of ether oxygens (including phenoxy) is 2. The quantitative estimate of drug-likeness (QED) is 0.535. The molecule has 0 aromatic heterocycles. The molecule has 0 saturated heterocycles. The Balaban J connectivity index is 1.91. The molecule has 28 heavy (non-hydrogen) atoms. The lowest BCUT2D eigenvalue weighted by Gasteiger charge is -2.09. The van der Waals surface area contributed by atoms with Gasteiger partial charge < -0.3 is 15.2 Å². The van der Waals surface area contributed by atoms with Crippen molar-refractivity contribution in [2.75, 3.05) is 12.3 Å². The van der Waals surface area contributed by atoms with Gasteiger partial charge >= 0.3 is 12.6 Å². The maximum absolute atomic E-state index is 12.1. The van der Waals surface area contributed by atoms with Gasteiger partial charge in [-0.15, -0.1) is 0 Å². The first-order chi connectivity index (χ1) is 13.2. The van der Waals surface area contributed by atoms with E-state index in [9.17, 15) is 23.2 Å². The van der Waals surface area contributed by atoms with E-state index in [1.54, 1.807) is 0 Å². The molecule has 2 rings (SSSR count). The summed E-state index contributed by atoms with van der Waals surface area (Å²) in [4.78, 5) is 35.7. The number of benzene rings is 2. The van der Waals surface area contributed by atoms with Crippen LogP contribution in [0.3, 0.4) is 0 Å². The number of nitrogens with two attached hydrogens (primary N) is 1. The molecule has 148 valence electrons. The van der Waals surface area contributed by atoms with E-state index in [2.05, 4.69) is 4.74 Å². The molecule has 2 aromatic rings. The Morgan fingerprint density at radius 3 is 2.36 bits per heavy atom. The SMILES string of the molecule is Nc1c(Cl)cc(Cl)cc1C(=O)OCC(=O)NC(=O)c1ccc(OC(F)F)cc1. The van der Waals surface area contributed by atoms with Crippen molar-refractivity contribution in [3.63, 3.8) is 0 Å². The lowest BCUT2D eigenvalue weighted by molar-refractivity contribution is -0.123. The topological polar surface area (TPSA) is 108 Å². The van der Waals surface area contributed by atoms with E-state index in [1.807, 2.05) is 5.32 Å². The van der Waals surface area contributed by atoms with Crippen LogP contribution in [-0.2, 0) is 9.53 Å². The Morgan fingerprint density at radius 2 is 1.75 bits per heavy atom. The van der Waals surface area contributed by atoms with E-state index < -0.39 is 31.0 Å².